The molecule has 0 atom stereocenters. The van der Waals surface area contributed by atoms with Crippen molar-refractivity contribution in [3.63, 3.8) is 0 Å². The third kappa shape index (κ3) is 5.33. The number of anilines is 1. The molecule has 1 rings (SSSR count). The van der Waals surface area contributed by atoms with Gasteiger partial charge in [-0.2, -0.15) is 0 Å². The van der Waals surface area contributed by atoms with Crippen LogP contribution in [0.4, 0.5) is 10.1 Å². The number of nitrogens with one attached hydrogen (secondary N) is 1. The van der Waals surface area contributed by atoms with E-state index in [2.05, 4.69) is 5.32 Å². The minimum absolute atomic E-state index is 0.155. The minimum Gasteiger partial charge on any atom is -0.489 e. The van der Waals surface area contributed by atoms with Crippen molar-refractivity contribution in [2.45, 2.75) is 20.3 Å². The van der Waals surface area contributed by atoms with Gasteiger partial charge in [-0.1, -0.05) is 0 Å². The molecule has 22 heavy (non-hydrogen) atoms. The summed E-state index contributed by atoms with van der Waals surface area (Å²) in [4.78, 5) is 23.0. The summed E-state index contributed by atoms with van der Waals surface area (Å²) in [6.45, 7) is 3.47. The van der Waals surface area contributed by atoms with Gasteiger partial charge in [0.2, 0.25) is 5.91 Å². The molecule has 0 spiro atoms. The van der Waals surface area contributed by atoms with Gasteiger partial charge in [0.05, 0.1) is 17.7 Å². The van der Waals surface area contributed by atoms with Gasteiger partial charge in [0.1, 0.15) is 18.2 Å². The van der Waals surface area contributed by atoms with Crippen molar-refractivity contribution in [2.75, 3.05) is 25.6 Å². The predicted octanol–water partition coefficient (Wildman–Crippen LogP) is 2.29. The van der Waals surface area contributed by atoms with Crippen molar-refractivity contribution in [3.05, 3.63) is 24.0 Å². The predicted molar refractivity (Wildman–Crippen MR) is 78.4 cm³/mol. The average Bonchev–Trinajstić information content (AvgIpc) is 2.40. The number of carboxylic acid groups (broad SMARTS) is 1. The van der Waals surface area contributed by atoms with Gasteiger partial charge in [0.15, 0.2) is 0 Å². The largest absolute Gasteiger partial charge is 0.489 e. The Morgan fingerprint density at radius 2 is 2.00 bits per heavy atom. The number of hydrogen-bond donors (Lipinski definition) is 2. The molecule has 0 heterocycles. The Morgan fingerprint density at radius 3 is 2.59 bits per heavy atom. The van der Waals surface area contributed by atoms with E-state index in [1.165, 1.54) is 33.1 Å². The van der Waals surface area contributed by atoms with Crippen LogP contribution in [-0.4, -0.2) is 37.3 Å². The third-order valence-electron chi connectivity index (χ3n) is 2.94. The van der Waals surface area contributed by atoms with Gasteiger partial charge < -0.3 is 19.9 Å². The quantitative estimate of drug-likeness (QED) is 0.719. The number of benzene rings is 1. The lowest BCUT2D eigenvalue weighted by Gasteiger charge is -2.19. The molecule has 0 aliphatic heterocycles. The van der Waals surface area contributed by atoms with Crippen LogP contribution in [0.2, 0.25) is 0 Å². The van der Waals surface area contributed by atoms with E-state index in [1.54, 1.807) is 0 Å². The minimum atomic E-state index is -1.21. The number of carbonyl (C=O) groups is 2. The molecule has 6 nitrogen and oxygen atoms in total. The van der Waals surface area contributed by atoms with Crippen molar-refractivity contribution >= 4 is 17.6 Å². The van der Waals surface area contributed by atoms with Gasteiger partial charge in [-0.3, -0.25) is 9.59 Å². The van der Waals surface area contributed by atoms with Crippen molar-refractivity contribution in [3.8, 4) is 5.75 Å². The first-order valence-corrected chi connectivity index (χ1v) is 6.71. The molecule has 1 amide bonds. The number of rotatable bonds is 8. The van der Waals surface area contributed by atoms with Gasteiger partial charge in [0, 0.05) is 19.6 Å². The number of hydrogen-bond acceptors (Lipinski definition) is 4. The first-order chi connectivity index (χ1) is 10.3. The van der Waals surface area contributed by atoms with Crippen molar-refractivity contribution in [1.29, 1.82) is 0 Å². The molecule has 122 valence electrons. The summed E-state index contributed by atoms with van der Waals surface area (Å²) in [5, 5.41) is 11.5. The highest BCUT2D eigenvalue weighted by Gasteiger charge is 2.30. The van der Waals surface area contributed by atoms with Crippen LogP contribution in [0.25, 0.3) is 0 Å². The van der Waals surface area contributed by atoms with E-state index in [0.717, 1.165) is 6.07 Å². The molecule has 0 bridgehead atoms. The number of carbonyl (C=O) groups excluding carboxylic acids is 1. The lowest BCUT2D eigenvalue weighted by Crippen LogP contribution is -2.29. The maximum Gasteiger partial charge on any atom is 0.309 e. The highest BCUT2D eigenvalue weighted by molar-refractivity contribution is 5.95. The average molecular weight is 313 g/mol. The van der Waals surface area contributed by atoms with E-state index in [4.69, 9.17) is 14.6 Å². The van der Waals surface area contributed by atoms with Crippen LogP contribution in [0, 0.1) is 11.2 Å². The Morgan fingerprint density at radius 1 is 1.32 bits per heavy atom. The molecule has 0 unspecified atom stereocenters. The first-order valence-electron chi connectivity index (χ1n) is 6.71. The molecule has 0 radical (unpaired) electrons. The van der Waals surface area contributed by atoms with Crippen LogP contribution >= 0.6 is 0 Å². The molecule has 1 aromatic rings. The van der Waals surface area contributed by atoms with E-state index < -0.39 is 23.1 Å². The molecule has 1 aromatic carbocycles. The standard InChI is InChI=1S/C15H20FNO5/c1-15(2,14(19)20)9-13(18)17-11-8-10(16)4-5-12(11)22-7-6-21-3/h4-5,8H,6-7,9H2,1-3H3,(H,17,18)(H,19,20). The topological polar surface area (TPSA) is 84.9 Å². The zero-order valence-corrected chi connectivity index (χ0v) is 12.8. The summed E-state index contributed by atoms with van der Waals surface area (Å²) in [5.41, 5.74) is -1.06. The number of methoxy groups -OCH3 is 1. The molecule has 0 saturated heterocycles. The van der Waals surface area contributed by atoms with Gasteiger partial charge in [-0.05, 0) is 26.0 Å². The fourth-order valence-corrected chi connectivity index (χ4v) is 1.63. The van der Waals surface area contributed by atoms with E-state index in [0.29, 0.717) is 12.4 Å². The Labute approximate surface area is 128 Å². The second kappa shape index (κ2) is 7.74. The fraction of sp³-hybridized carbons (Fsp3) is 0.467. The van der Waals surface area contributed by atoms with Crippen LogP contribution in [0.3, 0.4) is 0 Å². The van der Waals surface area contributed by atoms with Gasteiger partial charge in [0.25, 0.3) is 0 Å². The Balaban J connectivity index is 2.80. The summed E-state index contributed by atoms with van der Waals surface area (Å²) >= 11 is 0. The molecular formula is C15H20FNO5. The number of amides is 1. The van der Waals surface area contributed by atoms with Crippen LogP contribution in [-0.2, 0) is 14.3 Å². The normalized spacial score (nSPS) is 11.1. The van der Waals surface area contributed by atoms with Gasteiger partial charge in [-0.15, -0.1) is 0 Å². The van der Waals surface area contributed by atoms with E-state index in [-0.39, 0.29) is 18.7 Å². The highest BCUT2D eigenvalue weighted by atomic mass is 19.1. The Kier molecular flexibility index (Phi) is 6.30. The van der Waals surface area contributed by atoms with E-state index in [1.807, 2.05) is 0 Å². The summed E-state index contributed by atoms with van der Waals surface area (Å²) in [5.74, 6) is -1.86. The van der Waals surface area contributed by atoms with Crippen molar-refractivity contribution < 1.29 is 28.6 Å². The lowest BCUT2D eigenvalue weighted by atomic mass is 9.89. The smallest absolute Gasteiger partial charge is 0.309 e. The molecule has 0 aliphatic carbocycles. The molecular weight excluding hydrogens is 293 g/mol. The lowest BCUT2D eigenvalue weighted by molar-refractivity contribution is -0.148. The highest BCUT2D eigenvalue weighted by Crippen LogP contribution is 2.27. The first kappa shape index (κ1) is 17.9. The van der Waals surface area contributed by atoms with E-state index >= 15 is 0 Å². The fourth-order valence-electron chi connectivity index (χ4n) is 1.63. The van der Waals surface area contributed by atoms with Gasteiger partial charge in [-0.25, -0.2) is 4.39 Å². The Bertz CT molecular complexity index is 545. The molecule has 2 N–H and O–H groups in total. The second-order valence-electron chi connectivity index (χ2n) is 5.40. The summed E-state index contributed by atoms with van der Waals surface area (Å²) in [6.07, 6.45) is -0.240. The number of halogens is 1. The summed E-state index contributed by atoms with van der Waals surface area (Å²) in [7, 11) is 1.52. The zero-order chi connectivity index (χ0) is 16.8. The van der Waals surface area contributed by atoms with Gasteiger partial charge >= 0.3 is 5.97 Å². The monoisotopic (exact) mass is 313 g/mol. The zero-order valence-electron chi connectivity index (χ0n) is 12.8. The van der Waals surface area contributed by atoms with Crippen LogP contribution in [0.1, 0.15) is 20.3 Å². The second-order valence-corrected chi connectivity index (χ2v) is 5.40. The maximum absolute atomic E-state index is 13.3. The number of carboxylic acids is 1. The van der Waals surface area contributed by atoms with Crippen LogP contribution in [0.15, 0.2) is 18.2 Å². The van der Waals surface area contributed by atoms with Crippen LogP contribution < -0.4 is 10.1 Å². The Hall–Kier alpha value is -2.15. The molecule has 7 heteroatoms. The SMILES string of the molecule is COCCOc1ccc(F)cc1NC(=O)CC(C)(C)C(=O)O. The molecule has 0 saturated carbocycles. The number of aliphatic carboxylic acids is 1. The summed E-state index contributed by atoms with van der Waals surface area (Å²) < 4.78 is 23.6. The summed E-state index contributed by atoms with van der Waals surface area (Å²) in [6, 6.07) is 3.72. The van der Waals surface area contributed by atoms with Crippen molar-refractivity contribution in [2.24, 2.45) is 5.41 Å². The third-order valence-corrected chi connectivity index (χ3v) is 2.94. The molecule has 0 aliphatic rings. The van der Waals surface area contributed by atoms with E-state index in [9.17, 15) is 14.0 Å². The van der Waals surface area contributed by atoms with Crippen molar-refractivity contribution in [1.82, 2.24) is 0 Å². The maximum atomic E-state index is 13.3. The molecule has 0 aromatic heterocycles. The number of ether oxygens (including phenoxy) is 2. The van der Waals surface area contributed by atoms with Crippen LogP contribution in [0.5, 0.6) is 5.75 Å². The molecule has 0 fully saturated rings.